The van der Waals surface area contributed by atoms with E-state index in [4.69, 9.17) is 9.47 Å². The number of anilines is 5. The second kappa shape index (κ2) is 40.0. The van der Waals surface area contributed by atoms with E-state index in [2.05, 4.69) is 135 Å². The van der Waals surface area contributed by atoms with Gasteiger partial charge in [-0.2, -0.15) is 60.7 Å². The summed E-state index contributed by atoms with van der Waals surface area (Å²) in [5.41, 5.74) is 11.7. The number of methoxy groups -OCH3 is 2. The van der Waals surface area contributed by atoms with Crippen molar-refractivity contribution in [3.63, 3.8) is 0 Å². The summed E-state index contributed by atoms with van der Waals surface area (Å²) in [6.45, 7) is 12.3. The summed E-state index contributed by atoms with van der Waals surface area (Å²) in [5.74, 6) is 5.89. The number of halogens is 3. The first-order chi connectivity index (χ1) is 64.4. The molecule has 11 aromatic heterocycles. The quantitative estimate of drug-likeness (QED) is 0.0301. The van der Waals surface area contributed by atoms with Crippen molar-refractivity contribution in [2.75, 3.05) is 40.8 Å². The maximum absolute atomic E-state index is 13.1. The molecule has 0 radical (unpaired) electrons. The number of hydrogen-bond donors (Lipinski definition) is 10. The van der Waals surface area contributed by atoms with E-state index in [1.165, 1.54) is 87.8 Å². The van der Waals surface area contributed by atoms with Gasteiger partial charge in [-0.1, -0.05) is 208 Å². The van der Waals surface area contributed by atoms with Crippen molar-refractivity contribution in [2.45, 2.75) is 78.9 Å². The molecule has 670 valence electrons. The monoisotopic (exact) mass is 1800 g/mol. The number of aromatic nitrogens is 20. The Morgan fingerprint density at radius 1 is 0.331 bits per heavy atom. The molecule has 20 rings (SSSR count). The molecule has 0 saturated heterocycles. The number of aromatic amines is 5. The number of aryl methyl sites for hydroxylation is 2. The van der Waals surface area contributed by atoms with Crippen molar-refractivity contribution in [3.05, 3.63) is 387 Å². The molecule has 0 aliphatic rings. The summed E-state index contributed by atoms with van der Waals surface area (Å²) in [5, 5.41) is 32.6. The molecular formula is C97H88F3N25O7S. The molecule has 0 aliphatic heterocycles. The molecule has 32 nitrogen and oxygen atoms in total. The molecular weight excluding hydrogens is 1720 g/mol. The molecule has 0 aliphatic carbocycles. The van der Waals surface area contributed by atoms with Crippen molar-refractivity contribution in [2.24, 2.45) is 0 Å². The highest BCUT2D eigenvalue weighted by Crippen LogP contribution is 2.36. The normalized spacial score (nSPS) is 11.2. The average Bonchev–Trinajstić information content (AvgIpc) is 1.57. The van der Waals surface area contributed by atoms with E-state index in [1.54, 1.807) is 31.6 Å². The second-order valence-corrected chi connectivity index (χ2v) is 32.3. The summed E-state index contributed by atoms with van der Waals surface area (Å²) in [6, 6.07) is 84.4. The van der Waals surface area contributed by atoms with Gasteiger partial charge in [-0.25, -0.2) is 24.9 Å². The third-order valence-electron chi connectivity index (χ3n) is 20.7. The Balaban J connectivity index is 0.000000121. The lowest BCUT2D eigenvalue weighted by Gasteiger charge is -2.18. The highest BCUT2D eigenvalue weighted by atomic mass is 32.1. The minimum Gasteiger partial charge on any atom is -0.497 e. The number of H-pyrrole nitrogens is 5. The van der Waals surface area contributed by atoms with Crippen LogP contribution in [0.3, 0.4) is 0 Å². The number of benzene rings is 9. The Kier molecular flexibility index (Phi) is 26.8. The second-order valence-electron chi connectivity index (χ2n) is 31.3. The smallest absolute Gasteiger partial charge is 0.418 e. The Labute approximate surface area is 759 Å². The van der Waals surface area contributed by atoms with Crippen LogP contribution in [0.25, 0.3) is 85.1 Å². The van der Waals surface area contributed by atoms with Crippen LogP contribution in [-0.2, 0) is 44.3 Å². The van der Waals surface area contributed by atoms with E-state index >= 15 is 0 Å². The van der Waals surface area contributed by atoms with Crippen LogP contribution in [0, 0.1) is 13.8 Å². The van der Waals surface area contributed by atoms with Gasteiger partial charge in [0.05, 0.1) is 91.5 Å². The zero-order valence-corrected chi connectivity index (χ0v) is 73.6. The minimum absolute atomic E-state index is 0.0492. The van der Waals surface area contributed by atoms with Gasteiger partial charge >= 0.3 is 6.18 Å². The van der Waals surface area contributed by atoms with Crippen LogP contribution in [0.15, 0.2) is 308 Å². The fourth-order valence-electron chi connectivity index (χ4n) is 13.7. The number of nitrogens with zero attached hydrogens (tertiary/aromatic N) is 15. The zero-order valence-electron chi connectivity index (χ0n) is 72.8. The van der Waals surface area contributed by atoms with E-state index < -0.39 is 17.3 Å². The molecule has 36 heteroatoms. The van der Waals surface area contributed by atoms with E-state index in [0.717, 1.165) is 55.9 Å². The molecule has 10 N–H and O–H groups in total. The highest BCUT2D eigenvalue weighted by Gasteiger charge is 2.33. The van der Waals surface area contributed by atoms with Crippen LogP contribution < -0.4 is 63.9 Å². The fraction of sp³-hybridized carbons (Fsp3) is 0.144. The number of ether oxygens (including phenoxy) is 2. The first-order valence-corrected chi connectivity index (χ1v) is 42.8. The van der Waals surface area contributed by atoms with Crippen LogP contribution in [0.1, 0.15) is 71.5 Å². The molecule has 0 saturated carbocycles. The lowest BCUT2D eigenvalue weighted by atomic mass is 9.87. The van der Waals surface area contributed by atoms with E-state index in [0.29, 0.717) is 113 Å². The molecule has 20 aromatic rings. The lowest BCUT2D eigenvalue weighted by molar-refractivity contribution is -0.137. The summed E-state index contributed by atoms with van der Waals surface area (Å²) < 4.78 is 56.5. The van der Waals surface area contributed by atoms with Crippen LogP contribution in [-0.4, -0.2) is 112 Å². The molecule has 133 heavy (non-hydrogen) atoms. The van der Waals surface area contributed by atoms with Gasteiger partial charge in [0.15, 0.2) is 29.1 Å². The van der Waals surface area contributed by atoms with Gasteiger partial charge in [0, 0.05) is 81.4 Å². The number of hydrogen-bond acceptors (Lipinski definition) is 23. The topological polar surface area (TPSA) is 394 Å². The fourth-order valence-corrected chi connectivity index (χ4v) is 14.4. The molecule has 0 unspecified atom stereocenters. The van der Waals surface area contributed by atoms with Crippen LogP contribution in [0.4, 0.5) is 41.6 Å². The maximum Gasteiger partial charge on any atom is 0.418 e. The van der Waals surface area contributed by atoms with Crippen LogP contribution >= 0.6 is 11.3 Å². The van der Waals surface area contributed by atoms with Gasteiger partial charge in [0.2, 0.25) is 0 Å². The standard InChI is InChI=1S/C22H23N5O.C20H19N5O3.C19H14F3N5O.C19H17N5O.C17H15N5OS/c1-22(2,3)16-11-9-15(10-12-16)20-25-21-24-18(13-19(28)27(21)26-20)14-23-17-7-5-4-6-8-17;1-27-15-8-9-16(17(11-15)28-2)21-12-14-10-18(26)25-20(22-14)23-19(24-25)13-6-4-3-5-7-13;20-19(21,22)14-8-4-5-9-15(14)23-11-13-10-16(28)27-18(24-13)25-17(26-27)12-6-2-1-3-7-12;1-13-7-9-14(10-8-13)18-22-19-21-16(11-17(25)24(19)23-18)12-20-15-5-3-2-4-6-15;1-11-4-6-12(7-5-11)18-10-13-9-15(23)22-17(19-13)20-16(21-22)14-3-2-8-24-14/h4-13,23H,14H2,1-3H3,(H,24,25,26);3-11,21H,12H2,1-2H3,(H,22,23,24);1-10,23H,11H2,(H,24,25,26);2-11,20H,12H2,1H3,(H,21,22,23);2-9,18H,10H2,1H3,(H,19,20,21). The largest absolute Gasteiger partial charge is 0.497 e. The molecule has 0 amide bonds. The number of fused-ring (bicyclic) bond motifs is 5. The zero-order chi connectivity index (χ0) is 92.7. The summed E-state index contributed by atoms with van der Waals surface area (Å²) >= 11 is 1.56. The van der Waals surface area contributed by atoms with Crippen LogP contribution in [0.2, 0.25) is 0 Å². The Morgan fingerprint density at radius 2 is 0.662 bits per heavy atom. The van der Waals surface area contributed by atoms with Gasteiger partial charge < -0.3 is 36.1 Å². The first kappa shape index (κ1) is 89.2. The molecule has 0 spiro atoms. The average molecular weight is 1810 g/mol. The van der Waals surface area contributed by atoms with Gasteiger partial charge in [0.25, 0.3) is 56.7 Å². The number of para-hydroxylation sites is 3. The SMILES string of the molecule is CC(C)(C)c1ccc(-c2nc3nc(CNc4ccccc4)cc(=O)n3[nH]2)cc1.COc1ccc(NCc2cc(=O)n3[nH]c(-c4ccccc4)nc3n2)c(OC)c1.Cc1ccc(-c2nc3nc(CNc4ccccc4)cc(=O)n3[nH]2)cc1.Cc1ccc(NCc2cc(=O)n3[nH]c(-c4cccs4)nc3n2)cc1.O=c1cc(CNc2ccccc2C(F)(F)F)nc2nc(-c3ccccc3)[nH]n12. The molecule has 9 aromatic carbocycles. The minimum atomic E-state index is -4.48. The molecule has 0 fully saturated rings. The van der Waals surface area contributed by atoms with Gasteiger partial charge in [-0.15, -0.1) is 11.3 Å². The third-order valence-corrected chi connectivity index (χ3v) is 21.6. The van der Waals surface area contributed by atoms with E-state index in [1.807, 2.05) is 225 Å². The highest BCUT2D eigenvalue weighted by molar-refractivity contribution is 7.13. The Hall–Kier alpha value is -17.2. The Bertz CT molecular complexity index is 7730. The molecule has 0 atom stereocenters. The van der Waals surface area contributed by atoms with Crippen molar-refractivity contribution < 1.29 is 22.6 Å². The first-order valence-electron chi connectivity index (χ1n) is 41.9. The predicted octanol–water partition coefficient (Wildman–Crippen LogP) is 16.5. The Morgan fingerprint density at radius 3 is 1.03 bits per heavy atom. The predicted molar refractivity (Wildman–Crippen MR) is 508 cm³/mol. The number of nitrogens with one attached hydrogen (secondary N) is 10. The van der Waals surface area contributed by atoms with Gasteiger partial charge in [-0.3, -0.25) is 49.5 Å². The summed E-state index contributed by atoms with van der Waals surface area (Å²) in [7, 11) is 3.19. The van der Waals surface area contributed by atoms with Crippen molar-refractivity contribution >= 4 is 68.7 Å². The number of alkyl halides is 3. The number of thiophene rings is 1. The van der Waals surface area contributed by atoms with Gasteiger partial charge in [0.1, 0.15) is 11.5 Å². The van der Waals surface area contributed by atoms with Crippen LogP contribution in [0.5, 0.6) is 11.5 Å². The maximum atomic E-state index is 13.1. The van der Waals surface area contributed by atoms with E-state index in [9.17, 15) is 37.1 Å². The number of rotatable bonds is 22. The third kappa shape index (κ3) is 22.2. The lowest BCUT2D eigenvalue weighted by Crippen LogP contribution is -2.17. The van der Waals surface area contributed by atoms with Gasteiger partial charge in [-0.05, 0) is 96.9 Å². The van der Waals surface area contributed by atoms with Crippen molar-refractivity contribution in [1.82, 2.24) is 97.9 Å². The van der Waals surface area contributed by atoms with E-state index in [-0.39, 0.29) is 51.4 Å². The molecule has 11 heterocycles. The molecule has 0 bridgehead atoms. The van der Waals surface area contributed by atoms with Crippen molar-refractivity contribution in [1.29, 1.82) is 0 Å². The van der Waals surface area contributed by atoms with Crippen molar-refractivity contribution in [3.8, 4) is 67.8 Å². The summed E-state index contributed by atoms with van der Waals surface area (Å²) in [4.78, 5) is 107. The summed E-state index contributed by atoms with van der Waals surface area (Å²) in [6.07, 6.45) is -4.48.